The number of hydrogen-bond acceptors (Lipinski definition) is 5. The molecule has 0 unspecified atom stereocenters. The number of carbonyl (C=O) groups excluding carboxylic acids is 1. The number of likely N-dealkylation sites (tertiary alicyclic amines) is 1. The minimum Gasteiger partial charge on any atom is -0.481 e. The molecule has 3 rings (SSSR count). The van der Waals surface area contributed by atoms with Crippen LogP contribution in [0, 0.1) is 19.8 Å². The fraction of sp³-hybridized carbons (Fsp3) is 0.444. The van der Waals surface area contributed by atoms with E-state index >= 15 is 0 Å². The fourth-order valence-electron chi connectivity index (χ4n) is 3.40. The van der Waals surface area contributed by atoms with Crippen LogP contribution in [0.1, 0.15) is 35.1 Å². The number of pyridine rings is 1. The quantitative estimate of drug-likeness (QED) is 0.891. The second-order valence-corrected chi connectivity index (χ2v) is 6.41. The van der Waals surface area contributed by atoms with Crippen LogP contribution >= 0.6 is 0 Å². The number of carbonyl (C=O) groups is 2. The topological polar surface area (TPSA) is 96.5 Å². The first-order chi connectivity index (χ1) is 12.0. The van der Waals surface area contributed by atoms with Crippen molar-refractivity contribution in [3.05, 3.63) is 47.1 Å². The maximum absolute atomic E-state index is 12.6. The second-order valence-electron chi connectivity index (χ2n) is 6.41. The predicted molar refractivity (Wildman–Crippen MR) is 89.0 cm³/mol. The van der Waals surface area contributed by atoms with Gasteiger partial charge in [0.15, 0.2) is 0 Å². The lowest BCUT2D eigenvalue weighted by molar-refractivity contribution is -0.141. The van der Waals surface area contributed by atoms with Crippen LogP contribution in [0.3, 0.4) is 0 Å². The Morgan fingerprint density at radius 1 is 1.32 bits per heavy atom. The third kappa shape index (κ3) is 3.55. The van der Waals surface area contributed by atoms with E-state index in [1.54, 1.807) is 17.2 Å². The molecule has 7 heteroatoms. The number of nitrogens with zero attached hydrogens (tertiary/aromatic N) is 3. The Balaban J connectivity index is 1.68. The van der Waals surface area contributed by atoms with Crippen LogP contribution in [0.5, 0.6) is 0 Å². The third-order valence-electron chi connectivity index (χ3n) is 4.83. The largest absolute Gasteiger partial charge is 0.481 e. The number of carboxylic acid groups (broad SMARTS) is 1. The molecule has 0 aliphatic carbocycles. The molecule has 132 valence electrons. The third-order valence-corrected chi connectivity index (χ3v) is 4.83. The summed E-state index contributed by atoms with van der Waals surface area (Å²) in [5, 5.41) is 13.4. The van der Waals surface area contributed by atoms with E-state index < -0.39 is 11.9 Å². The van der Waals surface area contributed by atoms with Crippen LogP contribution < -0.4 is 0 Å². The van der Waals surface area contributed by atoms with E-state index in [1.165, 1.54) is 0 Å². The lowest BCUT2D eigenvalue weighted by atomic mass is 9.93. The highest BCUT2D eigenvalue weighted by atomic mass is 16.5. The Morgan fingerprint density at radius 3 is 2.72 bits per heavy atom. The summed E-state index contributed by atoms with van der Waals surface area (Å²) in [6.45, 7) is 4.28. The summed E-state index contributed by atoms with van der Waals surface area (Å²) in [7, 11) is 0. The number of amides is 1. The van der Waals surface area contributed by atoms with Gasteiger partial charge in [-0.1, -0.05) is 11.2 Å². The van der Waals surface area contributed by atoms with Crippen LogP contribution in [0.2, 0.25) is 0 Å². The van der Waals surface area contributed by atoms with Crippen LogP contribution in [0.15, 0.2) is 28.9 Å². The van der Waals surface area contributed by atoms with E-state index in [0.29, 0.717) is 19.4 Å². The minimum atomic E-state index is -0.892. The SMILES string of the molecule is Cc1noc(C)c1CCC(=O)N1C[C@H](C(=O)O)[C@@H](c2ccccn2)C1. The van der Waals surface area contributed by atoms with Gasteiger partial charge in [-0.25, -0.2) is 0 Å². The molecular weight excluding hydrogens is 322 g/mol. The smallest absolute Gasteiger partial charge is 0.309 e. The number of aliphatic carboxylic acids is 1. The van der Waals surface area contributed by atoms with E-state index in [2.05, 4.69) is 10.1 Å². The Hall–Kier alpha value is -2.70. The number of hydrogen-bond donors (Lipinski definition) is 1. The van der Waals surface area contributed by atoms with Crippen LogP contribution in [-0.2, 0) is 16.0 Å². The molecule has 7 nitrogen and oxygen atoms in total. The summed E-state index contributed by atoms with van der Waals surface area (Å²) in [4.78, 5) is 30.1. The van der Waals surface area contributed by atoms with E-state index in [-0.39, 0.29) is 18.4 Å². The van der Waals surface area contributed by atoms with Crippen LogP contribution in [0.4, 0.5) is 0 Å². The highest BCUT2D eigenvalue weighted by Gasteiger charge is 2.40. The summed E-state index contributed by atoms with van der Waals surface area (Å²) in [6.07, 6.45) is 2.50. The normalized spacial score (nSPS) is 20.0. The number of carboxylic acids is 1. The average Bonchev–Trinajstić information content (AvgIpc) is 3.18. The highest BCUT2D eigenvalue weighted by Crippen LogP contribution is 2.32. The van der Waals surface area contributed by atoms with E-state index in [9.17, 15) is 14.7 Å². The van der Waals surface area contributed by atoms with Gasteiger partial charge in [0.1, 0.15) is 5.76 Å². The molecule has 3 heterocycles. The van der Waals surface area contributed by atoms with Gasteiger partial charge in [-0.05, 0) is 32.4 Å². The Morgan fingerprint density at radius 2 is 2.12 bits per heavy atom. The van der Waals surface area contributed by atoms with Crippen molar-refractivity contribution in [2.45, 2.75) is 32.6 Å². The van der Waals surface area contributed by atoms with Gasteiger partial charge >= 0.3 is 5.97 Å². The summed E-state index contributed by atoms with van der Waals surface area (Å²) in [6, 6.07) is 5.45. The highest BCUT2D eigenvalue weighted by molar-refractivity contribution is 5.79. The van der Waals surface area contributed by atoms with Gasteiger partial charge in [0, 0.05) is 42.9 Å². The van der Waals surface area contributed by atoms with Crippen LogP contribution in [0.25, 0.3) is 0 Å². The molecular formula is C18H21N3O4. The van der Waals surface area contributed by atoms with Crippen molar-refractivity contribution in [2.75, 3.05) is 13.1 Å². The maximum atomic E-state index is 12.6. The zero-order chi connectivity index (χ0) is 18.0. The molecule has 0 aromatic carbocycles. The molecule has 0 radical (unpaired) electrons. The van der Waals surface area contributed by atoms with Gasteiger partial charge in [0.05, 0.1) is 11.6 Å². The van der Waals surface area contributed by atoms with Crippen molar-refractivity contribution in [1.29, 1.82) is 0 Å². The van der Waals surface area contributed by atoms with Gasteiger partial charge in [-0.15, -0.1) is 0 Å². The van der Waals surface area contributed by atoms with Crippen molar-refractivity contribution in [1.82, 2.24) is 15.0 Å². The lowest BCUT2D eigenvalue weighted by Gasteiger charge is -2.16. The lowest BCUT2D eigenvalue weighted by Crippen LogP contribution is -2.30. The number of aromatic nitrogens is 2. The minimum absolute atomic E-state index is 0.0512. The molecule has 1 aliphatic rings. The second kappa shape index (κ2) is 7.04. The number of aryl methyl sites for hydroxylation is 2. The van der Waals surface area contributed by atoms with Crippen molar-refractivity contribution in [2.24, 2.45) is 5.92 Å². The van der Waals surface area contributed by atoms with E-state index in [4.69, 9.17) is 4.52 Å². The van der Waals surface area contributed by atoms with Gasteiger partial charge < -0.3 is 14.5 Å². The summed E-state index contributed by atoms with van der Waals surface area (Å²) in [5.41, 5.74) is 2.46. The molecule has 2 aromatic rings. The monoisotopic (exact) mass is 343 g/mol. The molecule has 0 bridgehead atoms. The fourth-order valence-corrected chi connectivity index (χ4v) is 3.40. The summed E-state index contributed by atoms with van der Waals surface area (Å²) in [5.74, 6) is -1.12. The van der Waals surface area contributed by atoms with Crippen molar-refractivity contribution in [3.63, 3.8) is 0 Å². The van der Waals surface area contributed by atoms with Gasteiger partial charge in [-0.2, -0.15) is 0 Å². The molecule has 1 N–H and O–H groups in total. The number of rotatable bonds is 5. The zero-order valence-electron chi connectivity index (χ0n) is 14.3. The van der Waals surface area contributed by atoms with Crippen molar-refractivity contribution in [3.8, 4) is 0 Å². The zero-order valence-corrected chi connectivity index (χ0v) is 14.3. The summed E-state index contributed by atoms with van der Waals surface area (Å²) < 4.78 is 5.12. The van der Waals surface area contributed by atoms with Crippen LogP contribution in [-0.4, -0.2) is 45.1 Å². The molecule has 2 atom stereocenters. The maximum Gasteiger partial charge on any atom is 0.309 e. The Kier molecular flexibility index (Phi) is 4.83. The molecule has 1 amide bonds. The molecule has 1 saturated heterocycles. The molecule has 0 spiro atoms. The first-order valence-electron chi connectivity index (χ1n) is 8.30. The molecule has 25 heavy (non-hydrogen) atoms. The van der Waals surface area contributed by atoms with Gasteiger partial charge in [0.2, 0.25) is 5.91 Å². The molecule has 2 aromatic heterocycles. The van der Waals surface area contributed by atoms with E-state index in [0.717, 1.165) is 22.7 Å². The first kappa shape index (κ1) is 17.1. The van der Waals surface area contributed by atoms with Crippen molar-refractivity contribution >= 4 is 11.9 Å². The standard InChI is InChI=1S/C18H21N3O4/c1-11-13(12(2)25-20-11)6-7-17(22)21-9-14(15(10-21)18(23)24)16-5-3-4-8-19-16/h3-5,8,14-15H,6-7,9-10H2,1-2H3,(H,23,24)/t14-,15-/m0/s1. The van der Waals surface area contributed by atoms with E-state index in [1.807, 2.05) is 26.0 Å². The Bertz CT molecular complexity index is 752. The average molecular weight is 343 g/mol. The molecule has 1 aliphatic heterocycles. The van der Waals surface area contributed by atoms with Gasteiger partial charge in [0.25, 0.3) is 0 Å². The molecule has 0 saturated carbocycles. The first-order valence-corrected chi connectivity index (χ1v) is 8.30. The summed E-state index contributed by atoms with van der Waals surface area (Å²) >= 11 is 0. The Labute approximate surface area is 145 Å². The van der Waals surface area contributed by atoms with Crippen molar-refractivity contribution < 1.29 is 19.2 Å². The predicted octanol–water partition coefficient (Wildman–Crippen LogP) is 1.95. The molecule has 1 fully saturated rings. The van der Waals surface area contributed by atoms with Gasteiger partial charge in [-0.3, -0.25) is 14.6 Å².